The van der Waals surface area contributed by atoms with E-state index in [-0.39, 0.29) is 0 Å². The first kappa shape index (κ1) is 8.75. The Balaban J connectivity index is 2.21. The fraction of sp³-hybridized carbons (Fsp3) is 0.778. The third-order valence-electron chi connectivity index (χ3n) is 1.96. The molecule has 0 aromatic carbocycles. The van der Waals surface area contributed by atoms with Crippen molar-refractivity contribution in [2.24, 2.45) is 5.92 Å². The van der Waals surface area contributed by atoms with Gasteiger partial charge in [-0.2, -0.15) is 0 Å². The number of ether oxygens (including phenoxy) is 1. The summed E-state index contributed by atoms with van der Waals surface area (Å²) in [6.07, 6.45) is 6.78. The highest BCUT2D eigenvalue weighted by Crippen LogP contribution is 2.15. The van der Waals surface area contributed by atoms with Gasteiger partial charge in [-0.05, 0) is 12.5 Å². The first-order valence-corrected chi connectivity index (χ1v) is 4.31. The summed E-state index contributed by atoms with van der Waals surface area (Å²) in [5.41, 5.74) is 0. The third-order valence-corrected chi connectivity index (χ3v) is 1.96. The Bertz CT molecular complexity index is 132. The van der Waals surface area contributed by atoms with E-state index in [2.05, 4.69) is 13.0 Å². The summed E-state index contributed by atoms with van der Waals surface area (Å²) in [5, 5.41) is 8.94. The predicted molar refractivity (Wildman–Crippen MR) is 44.1 cm³/mol. The first-order valence-electron chi connectivity index (χ1n) is 4.31. The molecule has 2 nitrogen and oxygen atoms in total. The molecule has 11 heavy (non-hydrogen) atoms. The average molecular weight is 156 g/mol. The molecule has 1 aliphatic heterocycles. The Morgan fingerprint density at radius 2 is 2.36 bits per heavy atom. The zero-order chi connectivity index (χ0) is 8.10. The summed E-state index contributed by atoms with van der Waals surface area (Å²) in [5.74, 6) is 0.526. The quantitative estimate of drug-likeness (QED) is 0.630. The van der Waals surface area contributed by atoms with Crippen LogP contribution in [-0.4, -0.2) is 18.0 Å². The van der Waals surface area contributed by atoms with Crippen LogP contribution in [0.15, 0.2) is 12.2 Å². The van der Waals surface area contributed by atoms with E-state index in [1.807, 2.05) is 0 Å². The van der Waals surface area contributed by atoms with Crippen LogP contribution >= 0.6 is 0 Å². The second kappa shape index (κ2) is 4.52. The van der Waals surface area contributed by atoms with Crippen LogP contribution in [0.4, 0.5) is 0 Å². The molecule has 0 aliphatic carbocycles. The number of aliphatic hydroxyl groups excluding tert-OH is 1. The maximum Gasteiger partial charge on any atom is 0.174 e. The van der Waals surface area contributed by atoms with E-state index in [0.717, 1.165) is 0 Å². The van der Waals surface area contributed by atoms with Crippen molar-refractivity contribution in [3.05, 3.63) is 12.2 Å². The molecule has 2 unspecified atom stereocenters. The largest absolute Gasteiger partial charge is 0.365 e. The molecule has 0 aromatic heterocycles. The molecule has 1 heterocycles. The molecule has 2 atom stereocenters. The van der Waals surface area contributed by atoms with Gasteiger partial charge in [-0.25, -0.2) is 0 Å². The molecular weight excluding hydrogens is 140 g/mol. The van der Waals surface area contributed by atoms with Gasteiger partial charge in [0.15, 0.2) is 6.29 Å². The van der Waals surface area contributed by atoms with Crippen LogP contribution in [0, 0.1) is 5.92 Å². The topological polar surface area (TPSA) is 29.5 Å². The molecule has 0 saturated heterocycles. The number of rotatable bonds is 3. The maximum absolute atomic E-state index is 8.94. The summed E-state index contributed by atoms with van der Waals surface area (Å²) in [6.45, 7) is 2.86. The molecule has 64 valence electrons. The molecule has 1 aliphatic rings. The molecule has 0 amide bonds. The summed E-state index contributed by atoms with van der Waals surface area (Å²) in [4.78, 5) is 0. The average Bonchev–Trinajstić information content (AvgIpc) is 2.04. The molecule has 0 saturated carbocycles. The van der Waals surface area contributed by atoms with E-state index >= 15 is 0 Å². The van der Waals surface area contributed by atoms with Crippen LogP contribution in [0.5, 0.6) is 0 Å². The second-order valence-corrected chi connectivity index (χ2v) is 3.01. The summed E-state index contributed by atoms with van der Waals surface area (Å²) in [6, 6.07) is 0. The smallest absolute Gasteiger partial charge is 0.174 e. The van der Waals surface area contributed by atoms with Crippen molar-refractivity contribution in [2.45, 2.75) is 32.5 Å². The van der Waals surface area contributed by atoms with Crippen LogP contribution in [-0.2, 0) is 4.74 Å². The van der Waals surface area contributed by atoms with Gasteiger partial charge in [0.25, 0.3) is 0 Å². The van der Waals surface area contributed by atoms with Gasteiger partial charge in [-0.1, -0.05) is 25.8 Å². The van der Waals surface area contributed by atoms with E-state index in [1.165, 1.54) is 19.3 Å². The fourth-order valence-corrected chi connectivity index (χ4v) is 1.23. The van der Waals surface area contributed by atoms with Gasteiger partial charge in [-0.15, -0.1) is 0 Å². The van der Waals surface area contributed by atoms with Crippen LogP contribution in [0.2, 0.25) is 0 Å². The zero-order valence-electron chi connectivity index (χ0n) is 6.99. The Morgan fingerprint density at radius 3 is 2.91 bits per heavy atom. The van der Waals surface area contributed by atoms with E-state index in [4.69, 9.17) is 9.84 Å². The first-order chi connectivity index (χ1) is 5.33. The highest BCUT2D eigenvalue weighted by Gasteiger charge is 2.12. The van der Waals surface area contributed by atoms with Crippen molar-refractivity contribution in [2.75, 3.05) is 6.61 Å². The minimum atomic E-state index is -0.659. The van der Waals surface area contributed by atoms with Gasteiger partial charge < -0.3 is 9.84 Å². The fourth-order valence-electron chi connectivity index (χ4n) is 1.23. The van der Waals surface area contributed by atoms with Gasteiger partial charge in [0.2, 0.25) is 0 Å². The lowest BCUT2D eigenvalue weighted by Crippen LogP contribution is -2.20. The summed E-state index contributed by atoms with van der Waals surface area (Å²) < 4.78 is 5.06. The van der Waals surface area contributed by atoms with Crippen molar-refractivity contribution < 1.29 is 9.84 Å². The van der Waals surface area contributed by atoms with Gasteiger partial charge in [0, 0.05) is 5.92 Å². The minimum absolute atomic E-state index is 0.526. The van der Waals surface area contributed by atoms with Crippen molar-refractivity contribution in [1.82, 2.24) is 0 Å². The summed E-state index contributed by atoms with van der Waals surface area (Å²) >= 11 is 0. The number of hydrogen-bond donors (Lipinski definition) is 1. The van der Waals surface area contributed by atoms with Crippen molar-refractivity contribution in [3.63, 3.8) is 0 Å². The van der Waals surface area contributed by atoms with Gasteiger partial charge in [0.05, 0.1) is 6.61 Å². The van der Waals surface area contributed by atoms with Crippen LogP contribution in [0.1, 0.15) is 26.2 Å². The SMILES string of the molecule is CCCCC1C=CC(O)OC1. The molecule has 1 rings (SSSR count). The summed E-state index contributed by atoms with van der Waals surface area (Å²) in [7, 11) is 0. The number of hydrogen-bond acceptors (Lipinski definition) is 2. The van der Waals surface area contributed by atoms with Gasteiger partial charge in [-0.3, -0.25) is 0 Å². The van der Waals surface area contributed by atoms with E-state index in [1.54, 1.807) is 6.08 Å². The van der Waals surface area contributed by atoms with Gasteiger partial charge >= 0.3 is 0 Å². The van der Waals surface area contributed by atoms with E-state index in [9.17, 15) is 0 Å². The monoisotopic (exact) mass is 156 g/mol. The number of unbranched alkanes of at least 4 members (excludes halogenated alkanes) is 1. The molecule has 0 radical (unpaired) electrons. The van der Waals surface area contributed by atoms with Crippen molar-refractivity contribution in [1.29, 1.82) is 0 Å². The zero-order valence-corrected chi connectivity index (χ0v) is 6.99. The molecule has 0 fully saturated rings. The Morgan fingerprint density at radius 1 is 1.55 bits per heavy atom. The lowest BCUT2D eigenvalue weighted by Gasteiger charge is -2.19. The molecule has 0 aromatic rings. The third kappa shape index (κ3) is 3.04. The molecule has 2 heteroatoms. The van der Waals surface area contributed by atoms with E-state index in [0.29, 0.717) is 12.5 Å². The Hall–Kier alpha value is -0.340. The predicted octanol–water partition coefficient (Wildman–Crippen LogP) is 1.70. The van der Waals surface area contributed by atoms with Gasteiger partial charge in [0.1, 0.15) is 0 Å². The van der Waals surface area contributed by atoms with Crippen molar-refractivity contribution in [3.8, 4) is 0 Å². The van der Waals surface area contributed by atoms with Crippen LogP contribution < -0.4 is 0 Å². The Kier molecular flexibility index (Phi) is 3.60. The molecular formula is C9H16O2. The van der Waals surface area contributed by atoms with Crippen LogP contribution in [0.3, 0.4) is 0 Å². The molecule has 0 bridgehead atoms. The number of aliphatic hydroxyl groups is 1. The Labute approximate surface area is 67.9 Å². The normalized spacial score (nSPS) is 30.7. The maximum atomic E-state index is 8.94. The second-order valence-electron chi connectivity index (χ2n) is 3.01. The molecule has 0 spiro atoms. The van der Waals surface area contributed by atoms with Crippen LogP contribution in [0.25, 0.3) is 0 Å². The molecule has 1 N–H and O–H groups in total. The lowest BCUT2D eigenvalue weighted by molar-refractivity contribution is -0.0812. The van der Waals surface area contributed by atoms with E-state index < -0.39 is 6.29 Å². The highest BCUT2D eigenvalue weighted by atomic mass is 16.6. The lowest BCUT2D eigenvalue weighted by atomic mass is 10.0. The standard InChI is InChI=1S/C9H16O2/c1-2-3-4-8-5-6-9(10)11-7-8/h5-6,8-10H,2-4,7H2,1H3. The highest BCUT2D eigenvalue weighted by molar-refractivity contribution is 4.93. The van der Waals surface area contributed by atoms with Crippen molar-refractivity contribution >= 4 is 0 Å². The minimum Gasteiger partial charge on any atom is -0.365 e.